The first-order valence-electron chi connectivity index (χ1n) is 5.62. The normalized spacial score (nSPS) is 16.9. The second-order valence-corrected chi connectivity index (χ2v) is 3.72. The molecule has 0 unspecified atom stereocenters. The van der Waals surface area contributed by atoms with Gasteiger partial charge in [0.15, 0.2) is 0 Å². The average molecular weight is 205 g/mol. The van der Waals surface area contributed by atoms with E-state index in [0.29, 0.717) is 0 Å². The molecule has 1 radical (unpaired) electrons. The third-order valence-corrected chi connectivity index (χ3v) is 2.47. The predicted octanol–water partition coefficient (Wildman–Crippen LogP) is 3.17. The smallest absolute Gasteiger partial charge is 0.130 e. The third-order valence-electron chi connectivity index (χ3n) is 2.47. The molecule has 0 saturated carbocycles. The van der Waals surface area contributed by atoms with Gasteiger partial charge in [-0.2, -0.15) is 0 Å². The first-order chi connectivity index (χ1) is 7.42. The standard InChI is InChI=1S/C13H17O2/c1-2-9-14-12-7-4-3-6-11(12)13-8-5-10-15-13/h3-4,6-7H,2,5,8-10H2,1H3. The molecule has 1 aromatic carbocycles. The summed E-state index contributed by atoms with van der Waals surface area (Å²) in [5, 5.41) is 0. The molecule has 0 amide bonds. The lowest BCUT2D eigenvalue weighted by molar-refractivity contribution is 0.211. The number of hydrogen-bond donors (Lipinski definition) is 0. The largest absolute Gasteiger partial charge is 0.493 e. The minimum Gasteiger partial charge on any atom is -0.493 e. The van der Waals surface area contributed by atoms with Gasteiger partial charge in [-0.3, -0.25) is 0 Å². The monoisotopic (exact) mass is 205 g/mol. The van der Waals surface area contributed by atoms with E-state index in [1.807, 2.05) is 18.2 Å². The number of ether oxygens (including phenoxy) is 2. The van der Waals surface area contributed by atoms with Crippen molar-refractivity contribution in [1.82, 2.24) is 0 Å². The van der Waals surface area contributed by atoms with E-state index in [1.165, 1.54) is 0 Å². The van der Waals surface area contributed by atoms with Crippen molar-refractivity contribution in [2.45, 2.75) is 26.2 Å². The van der Waals surface area contributed by atoms with Gasteiger partial charge in [-0.15, -0.1) is 0 Å². The Balaban J connectivity index is 2.13. The van der Waals surface area contributed by atoms with Gasteiger partial charge in [0.1, 0.15) is 11.9 Å². The SMILES string of the molecule is CCCOc1ccccc1[C]1CCCO1. The highest BCUT2D eigenvalue weighted by molar-refractivity contribution is 5.41. The van der Waals surface area contributed by atoms with Crippen molar-refractivity contribution in [3.05, 3.63) is 35.9 Å². The Kier molecular flexibility index (Phi) is 3.62. The van der Waals surface area contributed by atoms with Crippen LogP contribution in [0.5, 0.6) is 5.75 Å². The van der Waals surface area contributed by atoms with Gasteiger partial charge >= 0.3 is 0 Å². The van der Waals surface area contributed by atoms with Crippen molar-refractivity contribution in [2.75, 3.05) is 13.2 Å². The molecule has 0 aliphatic carbocycles. The first kappa shape index (κ1) is 10.5. The summed E-state index contributed by atoms with van der Waals surface area (Å²) < 4.78 is 11.3. The van der Waals surface area contributed by atoms with Crippen LogP contribution in [0.15, 0.2) is 24.3 Å². The van der Waals surface area contributed by atoms with E-state index in [9.17, 15) is 0 Å². The molecular formula is C13H17O2. The third kappa shape index (κ3) is 2.51. The van der Waals surface area contributed by atoms with E-state index in [1.54, 1.807) is 0 Å². The molecule has 81 valence electrons. The fourth-order valence-corrected chi connectivity index (χ4v) is 1.75. The van der Waals surface area contributed by atoms with Crippen LogP contribution in [-0.4, -0.2) is 13.2 Å². The van der Waals surface area contributed by atoms with Crippen molar-refractivity contribution >= 4 is 0 Å². The highest BCUT2D eigenvalue weighted by Gasteiger charge is 2.22. The molecule has 2 rings (SSSR count). The number of para-hydroxylation sites is 1. The second-order valence-electron chi connectivity index (χ2n) is 3.72. The van der Waals surface area contributed by atoms with Crippen molar-refractivity contribution in [3.8, 4) is 5.75 Å². The Morgan fingerprint density at radius 2 is 2.20 bits per heavy atom. The van der Waals surface area contributed by atoms with E-state index in [0.717, 1.165) is 49.9 Å². The van der Waals surface area contributed by atoms with Gasteiger partial charge in [-0.25, -0.2) is 0 Å². The minimum atomic E-state index is 0.768. The Morgan fingerprint density at radius 1 is 1.33 bits per heavy atom. The van der Waals surface area contributed by atoms with Crippen LogP contribution in [0.4, 0.5) is 0 Å². The maximum absolute atomic E-state index is 5.70. The topological polar surface area (TPSA) is 18.5 Å². The molecule has 0 bridgehead atoms. The average Bonchev–Trinajstić information content (AvgIpc) is 2.80. The number of benzene rings is 1. The minimum absolute atomic E-state index is 0.768. The summed E-state index contributed by atoms with van der Waals surface area (Å²) in [5.41, 5.74) is 1.13. The summed E-state index contributed by atoms with van der Waals surface area (Å²) >= 11 is 0. The molecule has 1 aliphatic rings. The van der Waals surface area contributed by atoms with E-state index >= 15 is 0 Å². The lowest BCUT2D eigenvalue weighted by atomic mass is 10.1. The zero-order valence-electron chi connectivity index (χ0n) is 9.16. The van der Waals surface area contributed by atoms with E-state index in [2.05, 4.69) is 13.0 Å². The van der Waals surface area contributed by atoms with Crippen molar-refractivity contribution in [3.63, 3.8) is 0 Å². The molecule has 1 aliphatic heterocycles. The van der Waals surface area contributed by atoms with Gasteiger partial charge in [0.05, 0.1) is 6.61 Å². The molecule has 2 heteroatoms. The van der Waals surface area contributed by atoms with E-state index in [-0.39, 0.29) is 0 Å². The van der Waals surface area contributed by atoms with Crippen LogP contribution in [0.3, 0.4) is 0 Å². The van der Waals surface area contributed by atoms with E-state index < -0.39 is 0 Å². The van der Waals surface area contributed by atoms with Crippen molar-refractivity contribution < 1.29 is 9.47 Å². The lowest BCUT2D eigenvalue weighted by Crippen LogP contribution is -2.03. The van der Waals surface area contributed by atoms with Crippen LogP contribution >= 0.6 is 0 Å². The molecule has 0 aromatic heterocycles. The number of rotatable bonds is 4. The van der Waals surface area contributed by atoms with E-state index in [4.69, 9.17) is 9.47 Å². The molecule has 0 spiro atoms. The second kappa shape index (κ2) is 5.17. The van der Waals surface area contributed by atoms with Gasteiger partial charge in [-0.05, 0) is 25.3 Å². The summed E-state index contributed by atoms with van der Waals surface area (Å²) in [6.45, 7) is 3.73. The maximum Gasteiger partial charge on any atom is 0.130 e. The van der Waals surface area contributed by atoms with Crippen molar-refractivity contribution in [1.29, 1.82) is 0 Å². The molecule has 1 saturated heterocycles. The highest BCUT2D eigenvalue weighted by atomic mass is 16.5. The van der Waals surface area contributed by atoms with Gasteiger partial charge in [0.2, 0.25) is 0 Å². The number of hydrogen-bond acceptors (Lipinski definition) is 2. The summed E-state index contributed by atoms with van der Waals surface area (Å²) in [6.07, 6.45) is 4.27. The fraction of sp³-hybridized carbons (Fsp3) is 0.462. The molecular weight excluding hydrogens is 188 g/mol. The molecule has 0 N–H and O–H groups in total. The van der Waals surface area contributed by atoms with Crippen LogP contribution in [0.1, 0.15) is 31.7 Å². The van der Waals surface area contributed by atoms with Crippen LogP contribution < -0.4 is 4.74 Å². The molecule has 1 aromatic rings. The van der Waals surface area contributed by atoms with Crippen LogP contribution in [0.25, 0.3) is 0 Å². The van der Waals surface area contributed by atoms with Crippen LogP contribution in [0, 0.1) is 6.10 Å². The highest BCUT2D eigenvalue weighted by Crippen LogP contribution is 2.33. The van der Waals surface area contributed by atoms with Gasteiger partial charge in [-0.1, -0.05) is 25.1 Å². The summed E-state index contributed by atoms with van der Waals surface area (Å²) in [7, 11) is 0. The Bertz CT molecular complexity index is 303. The first-order valence-corrected chi connectivity index (χ1v) is 5.62. The van der Waals surface area contributed by atoms with Crippen molar-refractivity contribution in [2.24, 2.45) is 0 Å². The summed E-state index contributed by atoms with van der Waals surface area (Å²) in [5.74, 6) is 0.955. The zero-order valence-corrected chi connectivity index (χ0v) is 9.16. The molecule has 2 nitrogen and oxygen atoms in total. The summed E-state index contributed by atoms with van der Waals surface area (Å²) in [4.78, 5) is 0. The quantitative estimate of drug-likeness (QED) is 0.751. The van der Waals surface area contributed by atoms with Gasteiger partial charge < -0.3 is 9.47 Å². The summed E-state index contributed by atoms with van der Waals surface area (Å²) in [6, 6.07) is 8.12. The fourth-order valence-electron chi connectivity index (χ4n) is 1.75. The zero-order chi connectivity index (χ0) is 10.5. The van der Waals surface area contributed by atoms with Crippen LogP contribution in [0.2, 0.25) is 0 Å². The van der Waals surface area contributed by atoms with Crippen LogP contribution in [-0.2, 0) is 4.74 Å². The Labute approximate surface area is 91.2 Å². The Hall–Kier alpha value is -1.02. The Morgan fingerprint density at radius 3 is 2.93 bits per heavy atom. The van der Waals surface area contributed by atoms with Gasteiger partial charge in [0.25, 0.3) is 0 Å². The molecule has 15 heavy (non-hydrogen) atoms. The lowest BCUT2D eigenvalue weighted by Gasteiger charge is -2.14. The molecule has 1 fully saturated rings. The predicted molar refractivity (Wildman–Crippen MR) is 59.8 cm³/mol. The maximum atomic E-state index is 5.70. The molecule has 1 heterocycles. The molecule has 0 atom stereocenters. The van der Waals surface area contributed by atoms with Gasteiger partial charge in [0, 0.05) is 12.2 Å².